The summed E-state index contributed by atoms with van der Waals surface area (Å²) in [5, 5.41) is 0. The highest BCUT2D eigenvalue weighted by Crippen LogP contribution is 2.37. The SMILES string of the molecule is CCC(CC)C(CN)N1CCCC1C1CCCC1. The number of hydrogen-bond donors (Lipinski definition) is 1. The lowest BCUT2D eigenvalue weighted by Crippen LogP contribution is -2.49. The maximum Gasteiger partial charge on any atom is 0.0249 e. The van der Waals surface area contributed by atoms with Gasteiger partial charge in [0.2, 0.25) is 0 Å². The van der Waals surface area contributed by atoms with Crippen molar-refractivity contribution < 1.29 is 0 Å². The van der Waals surface area contributed by atoms with Gasteiger partial charge in [-0.05, 0) is 44.1 Å². The average Bonchev–Trinajstić information content (AvgIpc) is 3.05. The Morgan fingerprint density at radius 3 is 2.28 bits per heavy atom. The van der Waals surface area contributed by atoms with E-state index >= 15 is 0 Å². The Morgan fingerprint density at radius 2 is 1.72 bits per heavy atom. The second-order valence-electron chi connectivity index (χ2n) is 6.37. The third-order valence-electron chi connectivity index (χ3n) is 5.55. The number of nitrogens with two attached hydrogens (primary N) is 1. The Morgan fingerprint density at radius 1 is 1.06 bits per heavy atom. The van der Waals surface area contributed by atoms with E-state index in [-0.39, 0.29) is 0 Å². The monoisotopic (exact) mass is 252 g/mol. The smallest absolute Gasteiger partial charge is 0.0249 e. The van der Waals surface area contributed by atoms with Gasteiger partial charge in [-0.1, -0.05) is 39.5 Å². The van der Waals surface area contributed by atoms with Gasteiger partial charge in [-0.15, -0.1) is 0 Å². The minimum Gasteiger partial charge on any atom is -0.329 e. The molecular weight excluding hydrogens is 220 g/mol. The predicted octanol–water partition coefficient (Wildman–Crippen LogP) is 3.40. The summed E-state index contributed by atoms with van der Waals surface area (Å²) < 4.78 is 0. The molecule has 1 aliphatic heterocycles. The molecule has 2 atom stereocenters. The van der Waals surface area contributed by atoms with Crippen LogP contribution in [0, 0.1) is 11.8 Å². The molecule has 2 N–H and O–H groups in total. The zero-order chi connectivity index (χ0) is 13.0. The normalized spacial score (nSPS) is 28.3. The highest BCUT2D eigenvalue weighted by Gasteiger charge is 2.38. The zero-order valence-corrected chi connectivity index (χ0v) is 12.4. The first-order chi connectivity index (χ1) is 8.81. The van der Waals surface area contributed by atoms with Gasteiger partial charge in [0.1, 0.15) is 0 Å². The molecule has 2 unspecified atom stereocenters. The van der Waals surface area contributed by atoms with Crippen molar-refractivity contribution in [2.45, 2.75) is 77.3 Å². The van der Waals surface area contributed by atoms with E-state index in [0.29, 0.717) is 6.04 Å². The highest BCUT2D eigenvalue weighted by atomic mass is 15.2. The van der Waals surface area contributed by atoms with Gasteiger partial charge in [0.25, 0.3) is 0 Å². The van der Waals surface area contributed by atoms with E-state index in [1.165, 1.54) is 57.9 Å². The quantitative estimate of drug-likeness (QED) is 0.785. The zero-order valence-electron chi connectivity index (χ0n) is 12.4. The van der Waals surface area contributed by atoms with Crippen LogP contribution >= 0.6 is 0 Å². The second-order valence-corrected chi connectivity index (χ2v) is 6.37. The van der Waals surface area contributed by atoms with Gasteiger partial charge < -0.3 is 5.73 Å². The molecule has 0 spiro atoms. The van der Waals surface area contributed by atoms with E-state index < -0.39 is 0 Å². The average molecular weight is 252 g/mol. The summed E-state index contributed by atoms with van der Waals surface area (Å²) in [6.45, 7) is 6.82. The van der Waals surface area contributed by atoms with Gasteiger partial charge in [0, 0.05) is 18.6 Å². The van der Waals surface area contributed by atoms with Crippen LogP contribution in [0.1, 0.15) is 65.2 Å². The molecule has 0 bridgehead atoms. The first-order valence-corrected chi connectivity index (χ1v) is 8.27. The van der Waals surface area contributed by atoms with Gasteiger partial charge in [-0.25, -0.2) is 0 Å². The van der Waals surface area contributed by atoms with Crippen molar-refractivity contribution in [3.8, 4) is 0 Å². The molecule has 1 saturated carbocycles. The maximum absolute atomic E-state index is 6.12. The fraction of sp³-hybridized carbons (Fsp3) is 1.00. The first kappa shape index (κ1) is 14.3. The maximum atomic E-state index is 6.12. The molecule has 0 amide bonds. The van der Waals surface area contributed by atoms with E-state index in [4.69, 9.17) is 5.73 Å². The molecule has 0 aromatic carbocycles. The van der Waals surface area contributed by atoms with Crippen LogP contribution in [0.5, 0.6) is 0 Å². The summed E-state index contributed by atoms with van der Waals surface area (Å²) in [5.74, 6) is 1.79. The summed E-state index contributed by atoms with van der Waals surface area (Å²) in [7, 11) is 0. The molecule has 2 heteroatoms. The summed E-state index contributed by atoms with van der Waals surface area (Å²) in [5.41, 5.74) is 6.12. The molecule has 2 rings (SSSR count). The van der Waals surface area contributed by atoms with Crippen molar-refractivity contribution in [2.75, 3.05) is 13.1 Å². The van der Waals surface area contributed by atoms with Gasteiger partial charge in [0.05, 0.1) is 0 Å². The van der Waals surface area contributed by atoms with Crippen molar-refractivity contribution in [2.24, 2.45) is 17.6 Å². The number of likely N-dealkylation sites (tertiary alicyclic amines) is 1. The molecule has 1 saturated heterocycles. The van der Waals surface area contributed by atoms with Crippen LogP contribution in [-0.4, -0.2) is 30.1 Å². The van der Waals surface area contributed by atoms with E-state index in [1.807, 2.05) is 0 Å². The molecule has 2 aliphatic rings. The first-order valence-electron chi connectivity index (χ1n) is 8.27. The van der Waals surface area contributed by atoms with Crippen molar-refractivity contribution >= 4 is 0 Å². The fourth-order valence-electron chi connectivity index (χ4n) is 4.51. The van der Waals surface area contributed by atoms with Crippen LogP contribution in [0.3, 0.4) is 0 Å². The van der Waals surface area contributed by atoms with Crippen LogP contribution in [0.2, 0.25) is 0 Å². The fourth-order valence-corrected chi connectivity index (χ4v) is 4.51. The number of nitrogens with zero attached hydrogens (tertiary/aromatic N) is 1. The lowest BCUT2D eigenvalue weighted by atomic mass is 9.89. The molecular formula is C16H32N2. The minimum absolute atomic E-state index is 0.646. The van der Waals surface area contributed by atoms with Crippen molar-refractivity contribution in [3.05, 3.63) is 0 Å². The third-order valence-corrected chi connectivity index (χ3v) is 5.55. The highest BCUT2D eigenvalue weighted by molar-refractivity contribution is 4.93. The lowest BCUT2D eigenvalue weighted by molar-refractivity contribution is 0.0952. The minimum atomic E-state index is 0.646. The Labute approximate surface area is 113 Å². The third kappa shape index (κ3) is 2.91. The van der Waals surface area contributed by atoms with Gasteiger partial charge in [0.15, 0.2) is 0 Å². The topological polar surface area (TPSA) is 29.3 Å². The molecule has 0 radical (unpaired) electrons. The van der Waals surface area contributed by atoms with Crippen LogP contribution in [0.15, 0.2) is 0 Å². The van der Waals surface area contributed by atoms with Crippen LogP contribution < -0.4 is 5.73 Å². The number of rotatable bonds is 6. The van der Waals surface area contributed by atoms with Crippen LogP contribution in [0.4, 0.5) is 0 Å². The summed E-state index contributed by atoms with van der Waals surface area (Å²) in [4.78, 5) is 2.81. The summed E-state index contributed by atoms with van der Waals surface area (Å²) in [6, 6.07) is 1.51. The van der Waals surface area contributed by atoms with Gasteiger partial charge >= 0.3 is 0 Å². The predicted molar refractivity (Wildman–Crippen MR) is 78.6 cm³/mol. The Kier molecular flexibility index (Phi) is 5.50. The van der Waals surface area contributed by atoms with E-state index in [1.54, 1.807) is 0 Å². The standard InChI is InChI=1S/C16H32N2/c1-3-13(4-2)16(12-17)18-11-7-10-15(18)14-8-5-6-9-14/h13-16H,3-12,17H2,1-2H3. The molecule has 18 heavy (non-hydrogen) atoms. The second kappa shape index (κ2) is 6.91. The summed E-state index contributed by atoms with van der Waals surface area (Å²) in [6.07, 6.45) is 11.3. The molecule has 1 heterocycles. The molecule has 106 valence electrons. The Bertz CT molecular complexity index is 231. The molecule has 2 fully saturated rings. The van der Waals surface area contributed by atoms with Crippen molar-refractivity contribution in [3.63, 3.8) is 0 Å². The van der Waals surface area contributed by atoms with Gasteiger partial charge in [-0.2, -0.15) is 0 Å². The van der Waals surface area contributed by atoms with E-state index in [0.717, 1.165) is 24.4 Å². The van der Waals surface area contributed by atoms with E-state index in [9.17, 15) is 0 Å². The largest absolute Gasteiger partial charge is 0.329 e. The Hall–Kier alpha value is -0.0800. The molecule has 0 aromatic heterocycles. The van der Waals surface area contributed by atoms with Gasteiger partial charge in [-0.3, -0.25) is 4.90 Å². The van der Waals surface area contributed by atoms with E-state index in [2.05, 4.69) is 18.7 Å². The van der Waals surface area contributed by atoms with Crippen LogP contribution in [-0.2, 0) is 0 Å². The molecule has 1 aliphatic carbocycles. The Balaban J connectivity index is 2.03. The van der Waals surface area contributed by atoms with Crippen molar-refractivity contribution in [1.29, 1.82) is 0 Å². The molecule has 2 nitrogen and oxygen atoms in total. The van der Waals surface area contributed by atoms with Crippen molar-refractivity contribution in [1.82, 2.24) is 4.90 Å². The number of hydrogen-bond acceptors (Lipinski definition) is 2. The van der Waals surface area contributed by atoms with Crippen LogP contribution in [0.25, 0.3) is 0 Å². The lowest BCUT2D eigenvalue weighted by Gasteiger charge is -2.39. The summed E-state index contributed by atoms with van der Waals surface area (Å²) >= 11 is 0. The molecule has 0 aromatic rings.